The first-order chi connectivity index (χ1) is 23.1. The Morgan fingerprint density at radius 1 is 0.958 bits per heavy atom. The van der Waals surface area contributed by atoms with Crippen LogP contribution in [0.4, 0.5) is 0 Å². The zero-order valence-electron chi connectivity index (χ0n) is 29.4. The number of carbonyl (C=O) groups is 3. The van der Waals surface area contributed by atoms with Gasteiger partial charge in [-0.15, -0.1) is 0 Å². The van der Waals surface area contributed by atoms with E-state index in [1.165, 1.54) is 38.9 Å². The molecule has 0 aliphatic carbocycles. The second kappa shape index (κ2) is 22.6. The molecule has 1 aromatic carbocycles. The van der Waals surface area contributed by atoms with E-state index in [9.17, 15) is 24.6 Å². The van der Waals surface area contributed by atoms with Gasteiger partial charge < -0.3 is 40.2 Å². The standard InChI is InChI=1S/C37H60N2O9/c1-4-6-8-12-15-22-36(47-25-26-48-36)23-16-13-10-9-11-14-17-31(37(44,28-45-3)35(42)43)34(41)39-32(33(38)40)27-29-18-20-30(21-19-29)46-24-7-5-2/h14,17-21,31-32,44H,4-13,15-16,22-28H2,1-3H3,(H2,38,40)(H,39,41)(H,42,43)/b17-14+/t31-,32+,37+/m1/s1. The minimum absolute atomic E-state index is 0.0821. The normalized spacial score (nSPS) is 16.8. The molecule has 2 rings (SSSR count). The Bertz CT molecular complexity index is 1100. The fraction of sp³-hybridized carbons (Fsp3) is 0.703. The van der Waals surface area contributed by atoms with E-state index in [2.05, 4.69) is 19.2 Å². The van der Waals surface area contributed by atoms with Crippen molar-refractivity contribution in [2.45, 2.75) is 128 Å². The Morgan fingerprint density at radius 2 is 1.56 bits per heavy atom. The van der Waals surface area contributed by atoms with Crippen LogP contribution in [0.25, 0.3) is 0 Å². The largest absolute Gasteiger partial charge is 0.494 e. The molecule has 3 atom stereocenters. The molecular weight excluding hydrogens is 616 g/mol. The lowest BCUT2D eigenvalue weighted by Crippen LogP contribution is -2.57. The molecule has 5 N–H and O–H groups in total. The Labute approximate surface area is 286 Å². The van der Waals surface area contributed by atoms with Crippen LogP contribution in [0.3, 0.4) is 0 Å². The number of hydrogen-bond donors (Lipinski definition) is 4. The van der Waals surface area contributed by atoms with Crippen molar-refractivity contribution in [3.63, 3.8) is 0 Å². The number of unbranched alkanes of at least 4 members (excludes halogenated alkanes) is 9. The third kappa shape index (κ3) is 14.2. The second-order valence-electron chi connectivity index (χ2n) is 12.8. The molecule has 1 aliphatic rings. The number of hydrogen-bond acceptors (Lipinski definition) is 8. The summed E-state index contributed by atoms with van der Waals surface area (Å²) in [5.74, 6) is -4.53. The number of primary amides is 1. The monoisotopic (exact) mass is 676 g/mol. The average molecular weight is 677 g/mol. The van der Waals surface area contributed by atoms with Crippen molar-refractivity contribution in [3.05, 3.63) is 42.0 Å². The molecule has 1 aliphatic heterocycles. The smallest absolute Gasteiger partial charge is 0.339 e. The summed E-state index contributed by atoms with van der Waals surface area (Å²) in [4.78, 5) is 38.0. The van der Waals surface area contributed by atoms with Crippen LogP contribution in [0.5, 0.6) is 5.75 Å². The molecule has 11 nitrogen and oxygen atoms in total. The quantitative estimate of drug-likeness (QED) is 0.0699. The molecule has 11 heteroatoms. The molecule has 2 amide bonds. The number of amides is 2. The van der Waals surface area contributed by atoms with E-state index in [1.807, 2.05) is 0 Å². The van der Waals surface area contributed by atoms with E-state index in [-0.39, 0.29) is 6.42 Å². The zero-order chi connectivity index (χ0) is 35.3. The Morgan fingerprint density at radius 3 is 2.12 bits per heavy atom. The number of methoxy groups -OCH3 is 1. The van der Waals surface area contributed by atoms with Gasteiger partial charge in [-0.3, -0.25) is 9.59 Å². The van der Waals surface area contributed by atoms with Crippen LogP contribution in [-0.2, 0) is 35.0 Å². The highest BCUT2D eigenvalue weighted by Gasteiger charge is 2.47. The van der Waals surface area contributed by atoms with E-state index in [4.69, 9.17) is 24.7 Å². The van der Waals surface area contributed by atoms with Crippen molar-refractivity contribution in [1.29, 1.82) is 0 Å². The molecule has 272 valence electrons. The molecule has 1 heterocycles. The third-order valence-corrected chi connectivity index (χ3v) is 8.80. The first-order valence-electron chi connectivity index (χ1n) is 17.8. The molecular formula is C37H60N2O9. The van der Waals surface area contributed by atoms with Gasteiger partial charge in [-0.05, 0) is 49.8 Å². The Balaban J connectivity index is 1.95. The summed E-state index contributed by atoms with van der Waals surface area (Å²) in [5, 5.41) is 23.6. The number of allylic oxidation sites excluding steroid dienone is 1. The van der Waals surface area contributed by atoms with Crippen LogP contribution in [0.15, 0.2) is 36.4 Å². The van der Waals surface area contributed by atoms with Crippen molar-refractivity contribution in [2.24, 2.45) is 11.7 Å². The molecule has 0 radical (unpaired) electrons. The van der Waals surface area contributed by atoms with Crippen LogP contribution in [0.1, 0.15) is 109 Å². The SMILES string of the molecule is CCCCCCCC1(CCCCCC/C=C/[C@H](C(=O)N[C@@H](Cc2ccc(OCCCC)cc2)C(N)=O)[C@@](O)(COC)C(=O)O)OCCO1. The first kappa shape index (κ1) is 41.2. The van der Waals surface area contributed by atoms with Gasteiger partial charge >= 0.3 is 5.97 Å². The summed E-state index contributed by atoms with van der Waals surface area (Å²) in [6, 6.07) is 5.99. The summed E-state index contributed by atoms with van der Waals surface area (Å²) < 4.78 is 22.7. The summed E-state index contributed by atoms with van der Waals surface area (Å²) in [6.45, 7) is 5.54. The summed E-state index contributed by atoms with van der Waals surface area (Å²) in [7, 11) is 1.24. The predicted octanol–water partition coefficient (Wildman–Crippen LogP) is 5.46. The summed E-state index contributed by atoms with van der Waals surface area (Å²) >= 11 is 0. The minimum Gasteiger partial charge on any atom is -0.494 e. The van der Waals surface area contributed by atoms with Crippen molar-refractivity contribution in [1.82, 2.24) is 5.32 Å². The Kier molecular flexibility index (Phi) is 19.4. The highest BCUT2D eigenvalue weighted by atomic mass is 16.7. The van der Waals surface area contributed by atoms with Crippen LogP contribution in [0.2, 0.25) is 0 Å². The fourth-order valence-corrected chi connectivity index (χ4v) is 5.90. The number of aliphatic hydroxyl groups is 1. The highest BCUT2D eigenvalue weighted by molar-refractivity contribution is 5.93. The van der Waals surface area contributed by atoms with Crippen LogP contribution in [0, 0.1) is 5.92 Å². The molecule has 0 aromatic heterocycles. The number of carboxylic acids is 1. The predicted molar refractivity (Wildman–Crippen MR) is 184 cm³/mol. The highest BCUT2D eigenvalue weighted by Crippen LogP contribution is 2.32. The van der Waals surface area contributed by atoms with Crippen molar-refractivity contribution >= 4 is 17.8 Å². The molecule has 1 saturated heterocycles. The van der Waals surface area contributed by atoms with Gasteiger partial charge in [-0.2, -0.15) is 0 Å². The molecule has 1 fully saturated rings. The van der Waals surface area contributed by atoms with E-state index in [1.54, 1.807) is 30.3 Å². The van der Waals surface area contributed by atoms with E-state index >= 15 is 0 Å². The molecule has 0 bridgehead atoms. The average Bonchev–Trinajstić information content (AvgIpc) is 3.53. The number of aliphatic carboxylic acids is 1. The maximum absolute atomic E-state index is 13.5. The molecule has 0 spiro atoms. The van der Waals surface area contributed by atoms with Crippen molar-refractivity contribution < 1.29 is 43.5 Å². The summed E-state index contributed by atoms with van der Waals surface area (Å²) in [5.41, 5.74) is 3.80. The topological polar surface area (TPSA) is 167 Å². The number of nitrogens with one attached hydrogen (secondary N) is 1. The third-order valence-electron chi connectivity index (χ3n) is 8.80. The molecule has 1 aromatic rings. The zero-order valence-corrected chi connectivity index (χ0v) is 29.4. The van der Waals surface area contributed by atoms with Gasteiger partial charge in [0.05, 0.1) is 32.3 Å². The second-order valence-corrected chi connectivity index (χ2v) is 12.8. The lowest BCUT2D eigenvalue weighted by atomic mass is 9.86. The van der Waals surface area contributed by atoms with E-state index < -0.39 is 47.7 Å². The molecule has 48 heavy (non-hydrogen) atoms. The van der Waals surface area contributed by atoms with Crippen LogP contribution < -0.4 is 15.8 Å². The van der Waals surface area contributed by atoms with Gasteiger partial charge in [0.1, 0.15) is 11.8 Å². The van der Waals surface area contributed by atoms with Gasteiger partial charge in [0.25, 0.3) is 0 Å². The van der Waals surface area contributed by atoms with Crippen LogP contribution in [-0.4, -0.2) is 79.0 Å². The lowest BCUT2D eigenvalue weighted by Gasteiger charge is -2.30. The molecule has 0 unspecified atom stereocenters. The maximum Gasteiger partial charge on any atom is 0.339 e. The Hall–Kier alpha value is -2.99. The van der Waals surface area contributed by atoms with Gasteiger partial charge in [0.15, 0.2) is 11.4 Å². The lowest BCUT2D eigenvalue weighted by molar-refractivity contribution is -0.173. The van der Waals surface area contributed by atoms with Gasteiger partial charge in [0.2, 0.25) is 11.8 Å². The number of carbonyl (C=O) groups excluding carboxylic acids is 2. The maximum atomic E-state index is 13.5. The molecule has 0 saturated carbocycles. The fourth-order valence-electron chi connectivity index (χ4n) is 5.90. The number of nitrogens with two attached hydrogens (primary N) is 1. The van der Waals surface area contributed by atoms with Gasteiger partial charge in [-0.25, -0.2) is 4.79 Å². The first-order valence-corrected chi connectivity index (χ1v) is 17.8. The van der Waals surface area contributed by atoms with Crippen molar-refractivity contribution in [2.75, 3.05) is 33.5 Å². The number of rotatable bonds is 27. The van der Waals surface area contributed by atoms with E-state index in [0.717, 1.165) is 63.4 Å². The number of ether oxygens (including phenoxy) is 4. The van der Waals surface area contributed by atoms with Gasteiger partial charge in [0, 0.05) is 26.4 Å². The number of carboxylic acid groups (broad SMARTS) is 1. The van der Waals surface area contributed by atoms with Gasteiger partial charge in [-0.1, -0.05) is 83.1 Å². The number of benzene rings is 1. The van der Waals surface area contributed by atoms with Crippen molar-refractivity contribution in [3.8, 4) is 5.75 Å². The summed E-state index contributed by atoms with van der Waals surface area (Å²) in [6.07, 6.45) is 17.2. The van der Waals surface area contributed by atoms with E-state index in [0.29, 0.717) is 32.0 Å². The van der Waals surface area contributed by atoms with Crippen LogP contribution >= 0.6 is 0 Å². The minimum atomic E-state index is -2.55.